The molecule has 2 unspecified atom stereocenters. The molecule has 0 saturated carbocycles. The highest BCUT2D eigenvalue weighted by Crippen LogP contribution is 2.32. The van der Waals surface area contributed by atoms with Crippen LogP contribution in [0.3, 0.4) is 0 Å². The first-order valence-electron chi connectivity index (χ1n) is 6.99. The van der Waals surface area contributed by atoms with Crippen LogP contribution in [0.1, 0.15) is 24.3 Å². The number of thioether (sulfide) groups is 1. The molecule has 1 aliphatic rings. The number of rotatable bonds is 4. The molecule has 1 aromatic heterocycles. The summed E-state index contributed by atoms with van der Waals surface area (Å²) in [5, 5.41) is 7.65. The average molecular weight is 289 g/mol. The van der Waals surface area contributed by atoms with Gasteiger partial charge in [0.25, 0.3) is 0 Å². The molecule has 0 amide bonds. The van der Waals surface area contributed by atoms with Gasteiger partial charge in [0.05, 0.1) is 5.92 Å². The number of aryl methyl sites for hydroxylation is 1. The van der Waals surface area contributed by atoms with E-state index in [1.807, 2.05) is 23.9 Å². The smallest absolute Gasteiger partial charge is 0.232 e. The quantitative estimate of drug-likeness (QED) is 0.938. The molecule has 1 aliphatic heterocycles. The van der Waals surface area contributed by atoms with Gasteiger partial charge in [-0.15, -0.1) is 0 Å². The lowest BCUT2D eigenvalue weighted by Crippen LogP contribution is -2.34. The highest BCUT2D eigenvalue weighted by atomic mass is 32.2. The van der Waals surface area contributed by atoms with Gasteiger partial charge in [0.1, 0.15) is 0 Å². The first-order chi connectivity index (χ1) is 9.78. The van der Waals surface area contributed by atoms with Crippen molar-refractivity contribution in [2.75, 3.05) is 18.1 Å². The number of hydrogen-bond donors (Lipinski definition) is 1. The minimum Gasteiger partial charge on any atom is -0.339 e. The Morgan fingerprint density at radius 2 is 2.30 bits per heavy atom. The molecule has 0 spiro atoms. The maximum absolute atomic E-state index is 5.50. The Labute approximate surface area is 123 Å². The summed E-state index contributed by atoms with van der Waals surface area (Å²) < 4.78 is 5.50. The summed E-state index contributed by atoms with van der Waals surface area (Å²) in [5.74, 6) is 3.94. The van der Waals surface area contributed by atoms with E-state index in [0.29, 0.717) is 17.8 Å². The Kier molecular flexibility index (Phi) is 4.08. The molecule has 5 heteroatoms. The van der Waals surface area contributed by atoms with Gasteiger partial charge in [-0.05, 0) is 19.5 Å². The molecule has 1 saturated heterocycles. The van der Waals surface area contributed by atoms with E-state index in [4.69, 9.17) is 4.52 Å². The molecule has 1 aromatic carbocycles. The van der Waals surface area contributed by atoms with Gasteiger partial charge >= 0.3 is 0 Å². The Morgan fingerprint density at radius 3 is 3.10 bits per heavy atom. The standard InChI is InChI=1S/C15H19N3OS/c1-3-16-13-9-20-8-12(13)15-17-14(18-19-15)11-6-4-5-10(2)7-11/h4-7,12-13,16H,3,8-9H2,1-2H3. The summed E-state index contributed by atoms with van der Waals surface area (Å²) in [4.78, 5) is 4.60. The Bertz CT molecular complexity index is 584. The summed E-state index contributed by atoms with van der Waals surface area (Å²) in [7, 11) is 0. The van der Waals surface area contributed by atoms with Crippen LogP contribution < -0.4 is 5.32 Å². The van der Waals surface area contributed by atoms with Crippen LogP contribution in [0.2, 0.25) is 0 Å². The van der Waals surface area contributed by atoms with E-state index in [1.54, 1.807) is 0 Å². The summed E-state index contributed by atoms with van der Waals surface area (Å²) in [6.07, 6.45) is 0. The largest absolute Gasteiger partial charge is 0.339 e. The zero-order valence-electron chi connectivity index (χ0n) is 11.8. The van der Waals surface area contributed by atoms with Gasteiger partial charge < -0.3 is 9.84 Å². The monoisotopic (exact) mass is 289 g/mol. The van der Waals surface area contributed by atoms with E-state index < -0.39 is 0 Å². The Hall–Kier alpha value is -1.33. The summed E-state index contributed by atoms with van der Waals surface area (Å²) in [5.41, 5.74) is 2.22. The fourth-order valence-electron chi connectivity index (χ4n) is 2.55. The number of benzene rings is 1. The molecule has 4 nitrogen and oxygen atoms in total. The molecular formula is C15H19N3OS. The van der Waals surface area contributed by atoms with Gasteiger partial charge in [-0.1, -0.05) is 35.8 Å². The average Bonchev–Trinajstić information content (AvgIpc) is 3.07. The van der Waals surface area contributed by atoms with Gasteiger partial charge in [-0.3, -0.25) is 0 Å². The molecule has 0 bridgehead atoms. The van der Waals surface area contributed by atoms with Gasteiger partial charge in [0, 0.05) is 23.1 Å². The van der Waals surface area contributed by atoms with Gasteiger partial charge in [0.2, 0.25) is 11.7 Å². The summed E-state index contributed by atoms with van der Waals surface area (Å²) in [6.45, 7) is 5.17. The van der Waals surface area contributed by atoms with Crippen LogP contribution in [0.15, 0.2) is 28.8 Å². The maximum atomic E-state index is 5.50. The van der Waals surface area contributed by atoms with Crippen LogP contribution in [-0.2, 0) is 0 Å². The zero-order chi connectivity index (χ0) is 13.9. The van der Waals surface area contributed by atoms with E-state index in [0.717, 1.165) is 29.5 Å². The molecule has 2 atom stereocenters. The van der Waals surface area contributed by atoms with Crippen LogP contribution in [-0.4, -0.2) is 34.2 Å². The predicted molar refractivity (Wildman–Crippen MR) is 82.0 cm³/mol. The Morgan fingerprint density at radius 1 is 1.40 bits per heavy atom. The summed E-state index contributed by atoms with van der Waals surface area (Å²) in [6, 6.07) is 8.63. The number of nitrogens with one attached hydrogen (secondary N) is 1. The summed E-state index contributed by atoms with van der Waals surface area (Å²) >= 11 is 1.94. The highest BCUT2D eigenvalue weighted by molar-refractivity contribution is 7.99. The number of aromatic nitrogens is 2. The molecular weight excluding hydrogens is 270 g/mol. The fourth-order valence-corrected chi connectivity index (χ4v) is 3.92. The molecule has 1 fully saturated rings. The van der Waals surface area contributed by atoms with Gasteiger partial charge in [-0.25, -0.2) is 0 Å². The first-order valence-corrected chi connectivity index (χ1v) is 8.15. The van der Waals surface area contributed by atoms with Gasteiger partial charge in [-0.2, -0.15) is 16.7 Å². The van der Waals surface area contributed by atoms with Crippen molar-refractivity contribution in [3.8, 4) is 11.4 Å². The van der Waals surface area contributed by atoms with Crippen molar-refractivity contribution in [2.45, 2.75) is 25.8 Å². The lowest BCUT2D eigenvalue weighted by atomic mass is 10.0. The normalized spacial score (nSPS) is 22.3. The third-order valence-corrected chi connectivity index (χ3v) is 4.77. The third-order valence-electron chi connectivity index (χ3n) is 3.58. The van der Waals surface area contributed by atoms with Crippen molar-refractivity contribution in [2.24, 2.45) is 0 Å². The van der Waals surface area contributed by atoms with Crippen LogP contribution in [0.4, 0.5) is 0 Å². The van der Waals surface area contributed by atoms with Crippen LogP contribution in [0, 0.1) is 6.92 Å². The van der Waals surface area contributed by atoms with E-state index >= 15 is 0 Å². The molecule has 0 radical (unpaired) electrons. The van der Waals surface area contributed by atoms with E-state index in [9.17, 15) is 0 Å². The second-order valence-corrected chi connectivity index (χ2v) is 6.21. The minimum absolute atomic E-state index is 0.325. The molecule has 3 rings (SSSR count). The van der Waals surface area contributed by atoms with Gasteiger partial charge in [0.15, 0.2) is 0 Å². The number of hydrogen-bond acceptors (Lipinski definition) is 5. The van der Waals surface area contributed by atoms with Crippen molar-refractivity contribution < 1.29 is 4.52 Å². The van der Waals surface area contributed by atoms with E-state index in [1.165, 1.54) is 5.56 Å². The Balaban J connectivity index is 1.83. The van der Waals surface area contributed by atoms with Crippen molar-refractivity contribution in [1.82, 2.24) is 15.5 Å². The lowest BCUT2D eigenvalue weighted by molar-refractivity contribution is 0.340. The predicted octanol–water partition coefficient (Wildman–Crippen LogP) is 2.85. The van der Waals surface area contributed by atoms with Crippen molar-refractivity contribution in [1.29, 1.82) is 0 Å². The van der Waals surface area contributed by atoms with Crippen LogP contribution >= 0.6 is 11.8 Å². The number of likely N-dealkylation sites (N-methyl/N-ethyl adjacent to an activating group) is 1. The van der Waals surface area contributed by atoms with E-state index in [-0.39, 0.29) is 0 Å². The van der Waals surface area contributed by atoms with Crippen molar-refractivity contribution >= 4 is 11.8 Å². The minimum atomic E-state index is 0.325. The lowest BCUT2D eigenvalue weighted by Gasteiger charge is -2.15. The molecule has 106 valence electrons. The fraction of sp³-hybridized carbons (Fsp3) is 0.467. The van der Waals surface area contributed by atoms with Crippen molar-refractivity contribution in [3.05, 3.63) is 35.7 Å². The number of nitrogens with zero attached hydrogens (tertiary/aromatic N) is 2. The SMILES string of the molecule is CCNC1CSCC1c1nc(-c2cccc(C)c2)no1. The second kappa shape index (κ2) is 5.97. The molecule has 2 aromatic rings. The molecule has 20 heavy (non-hydrogen) atoms. The third kappa shape index (κ3) is 2.74. The van der Waals surface area contributed by atoms with Crippen molar-refractivity contribution in [3.63, 3.8) is 0 Å². The second-order valence-electron chi connectivity index (χ2n) is 5.13. The topological polar surface area (TPSA) is 51.0 Å². The van der Waals surface area contributed by atoms with E-state index in [2.05, 4.69) is 41.4 Å². The first kappa shape index (κ1) is 13.6. The molecule has 2 heterocycles. The maximum Gasteiger partial charge on any atom is 0.232 e. The molecule has 0 aliphatic carbocycles. The van der Waals surface area contributed by atoms with Crippen LogP contribution in [0.25, 0.3) is 11.4 Å². The highest BCUT2D eigenvalue weighted by Gasteiger charge is 2.32. The molecule has 1 N–H and O–H groups in total. The zero-order valence-corrected chi connectivity index (χ0v) is 12.6. The van der Waals surface area contributed by atoms with Crippen LogP contribution in [0.5, 0.6) is 0 Å².